The molecule has 1 amide bonds. The number of rotatable bonds is 6. The van der Waals surface area contributed by atoms with E-state index in [1.807, 2.05) is 6.92 Å². The van der Waals surface area contributed by atoms with Gasteiger partial charge < -0.3 is 14.8 Å². The van der Waals surface area contributed by atoms with Crippen molar-refractivity contribution in [3.8, 4) is 0 Å². The number of carbonyl (C=O) groups is 3. The highest BCUT2D eigenvalue weighted by molar-refractivity contribution is 6.03. The van der Waals surface area contributed by atoms with Crippen molar-refractivity contribution < 1.29 is 23.9 Å². The van der Waals surface area contributed by atoms with Gasteiger partial charge in [0.1, 0.15) is 0 Å². The number of benzene rings is 1. The first-order valence-electron chi connectivity index (χ1n) is 6.67. The fourth-order valence-electron chi connectivity index (χ4n) is 1.62. The molecular formula is C15H19NO5. The maximum atomic E-state index is 12.1. The molecule has 1 aromatic rings. The molecule has 6 heteroatoms. The fraction of sp³-hybridized carbons (Fsp3) is 0.400. The van der Waals surface area contributed by atoms with Crippen LogP contribution in [0.5, 0.6) is 0 Å². The third kappa shape index (κ3) is 4.59. The molecule has 21 heavy (non-hydrogen) atoms. The predicted octanol–water partition coefficient (Wildman–Crippen LogP) is 1.54. The zero-order valence-electron chi connectivity index (χ0n) is 12.3. The first kappa shape index (κ1) is 16.7. The summed E-state index contributed by atoms with van der Waals surface area (Å²) in [6.45, 7) is 3.91. The molecule has 6 nitrogen and oxygen atoms in total. The Morgan fingerprint density at radius 3 is 2.24 bits per heavy atom. The van der Waals surface area contributed by atoms with E-state index in [4.69, 9.17) is 4.74 Å². The standard InChI is InChI=1S/C15H19NO5/c1-4-9-16-13(17)10(2)21-15(19)12-8-6-5-7-11(12)14(18)20-3/h5-8,10H,4,9H2,1-3H3,(H,16,17). The van der Waals surface area contributed by atoms with Gasteiger partial charge in [-0.1, -0.05) is 19.1 Å². The Morgan fingerprint density at radius 2 is 1.71 bits per heavy atom. The minimum absolute atomic E-state index is 0.0690. The first-order chi connectivity index (χ1) is 10.0. The summed E-state index contributed by atoms with van der Waals surface area (Å²) in [4.78, 5) is 35.3. The smallest absolute Gasteiger partial charge is 0.339 e. The molecule has 1 atom stereocenters. The SMILES string of the molecule is CCCNC(=O)C(C)OC(=O)c1ccccc1C(=O)OC. The molecule has 1 rings (SSSR count). The Labute approximate surface area is 123 Å². The highest BCUT2D eigenvalue weighted by Gasteiger charge is 2.22. The minimum Gasteiger partial charge on any atom is -0.465 e. The van der Waals surface area contributed by atoms with Gasteiger partial charge in [-0.05, 0) is 25.5 Å². The van der Waals surface area contributed by atoms with Crippen LogP contribution in [0, 0.1) is 0 Å². The Hall–Kier alpha value is -2.37. The van der Waals surface area contributed by atoms with Crippen LogP contribution in [0.1, 0.15) is 41.0 Å². The van der Waals surface area contributed by atoms with Gasteiger partial charge in [0.15, 0.2) is 6.10 Å². The molecule has 1 unspecified atom stereocenters. The number of nitrogens with one attached hydrogen (secondary N) is 1. The van der Waals surface area contributed by atoms with Crippen molar-refractivity contribution in [3.63, 3.8) is 0 Å². The number of carbonyl (C=O) groups excluding carboxylic acids is 3. The van der Waals surface area contributed by atoms with Gasteiger partial charge in [-0.25, -0.2) is 9.59 Å². The second kappa shape index (κ2) is 8.04. The molecular weight excluding hydrogens is 274 g/mol. The molecule has 0 saturated heterocycles. The summed E-state index contributed by atoms with van der Waals surface area (Å²) >= 11 is 0. The normalized spacial score (nSPS) is 11.4. The summed E-state index contributed by atoms with van der Waals surface area (Å²) in [7, 11) is 1.23. The zero-order valence-corrected chi connectivity index (χ0v) is 12.3. The van der Waals surface area contributed by atoms with Gasteiger partial charge in [-0.2, -0.15) is 0 Å². The largest absolute Gasteiger partial charge is 0.465 e. The summed E-state index contributed by atoms with van der Waals surface area (Å²) < 4.78 is 9.68. The van der Waals surface area contributed by atoms with Crippen LogP contribution in [-0.4, -0.2) is 37.6 Å². The highest BCUT2D eigenvalue weighted by Crippen LogP contribution is 2.12. The molecule has 0 radical (unpaired) electrons. The summed E-state index contributed by atoms with van der Waals surface area (Å²) in [5.74, 6) is -1.75. The maximum Gasteiger partial charge on any atom is 0.339 e. The molecule has 0 fully saturated rings. The third-order valence-electron chi connectivity index (χ3n) is 2.75. The molecule has 0 saturated carbocycles. The molecule has 1 aromatic carbocycles. The monoisotopic (exact) mass is 293 g/mol. The van der Waals surface area contributed by atoms with E-state index < -0.39 is 18.0 Å². The summed E-state index contributed by atoms with van der Waals surface area (Å²) in [6.07, 6.45) is -0.146. The van der Waals surface area contributed by atoms with Crippen LogP contribution in [0.3, 0.4) is 0 Å². The van der Waals surface area contributed by atoms with E-state index in [0.29, 0.717) is 6.54 Å². The molecule has 114 valence electrons. The fourth-order valence-corrected chi connectivity index (χ4v) is 1.62. The van der Waals surface area contributed by atoms with Crippen molar-refractivity contribution in [2.45, 2.75) is 26.4 Å². The van der Waals surface area contributed by atoms with Crippen molar-refractivity contribution in [1.29, 1.82) is 0 Å². The zero-order chi connectivity index (χ0) is 15.8. The number of amides is 1. The van der Waals surface area contributed by atoms with E-state index in [2.05, 4.69) is 10.1 Å². The van der Waals surface area contributed by atoms with Crippen LogP contribution in [0.2, 0.25) is 0 Å². The molecule has 0 spiro atoms. The molecule has 0 aliphatic heterocycles. The Bertz CT molecular complexity index is 527. The van der Waals surface area contributed by atoms with Crippen molar-refractivity contribution in [1.82, 2.24) is 5.32 Å². The van der Waals surface area contributed by atoms with Crippen molar-refractivity contribution in [3.05, 3.63) is 35.4 Å². The lowest BCUT2D eigenvalue weighted by Crippen LogP contribution is -2.36. The maximum absolute atomic E-state index is 12.1. The van der Waals surface area contributed by atoms with Crippen molar-refractivity contribution in [2.24, 2.45) is 0 Å². The van der Waals surface area contributed by atoms with Gasteiger partial charge in [0.05, 0.1) is 18.2 Å². The van der Waals surface area contributed by atoms with E-state index in [9.17, 15) is 14.4 Å². The third-order valence-corrected chi connectivity index (χ3v) is 2.75. The quantitative estimate of drug-likeness (QED) is 0.805. The number of hydrogen-bond acceptors (Lipinski definition) is 5. The second-order valence-corrected chi connectivity index (χ2v) is 4.38. The van der Waals surface area contributed by atoms with E-state index in [1.165, 1.54) is 26.2 Å². The lowest BCUT2D eigenvalue weighted by atomic mass is 10.1. The minimum atomic E-state index is -0.935. The van der Waals surface area contributed by atoms with Crippen molar-refractivity contribution >= 4 is 17.8 Å². The Morgan fingerprint density at radius 1 is 1.14 bits per heavy atom. The second-order valence-electron chi connectivity index (χ2n) is 4.38. The van der Waals surface area contributed by atoms with Gasteiger partial charge in [-0.3, -0.25) is 4.79 Å². The van der Waals surface area contributed by atoms with E-state index in [1.54, 1.807) is 12.1 Å². The summed E-state index contributed by atoms with van der Waals surface area (Å²) in [6, 6.07) is 6.13. The van der Waals surface area contributed by atoms with Crippen LogP contribution in [-0.2, 0) is 14.3 Å². The van der Waals surface area contributed by atoms with Crippen molar-refractivity contribution in [2.75, 3.05) is 13.7 Å². The lowest BCUT2D eigenvalue weighted by molar-refractivity contribution is -0.129. The molecule has 0 aliphatic rings. The summed E-state index contributed by atoms with van der Waals surface area (Å²) in [5, 5.41) is 2.63. The summed E-state index contributed by atoms with van der Waals surface area (Å²) in [5.41, 5.74) is 0.172. The van der Waals surface area contributed by atoms with Crippen LogP contribution in [0.4, 0.5) is 0 Å². The van der Waals surface area contributed by atoms with Gasteiger partial charge in [0.2, 0.25) is 0 Å². The average Bonchev–Trinajstić information content (AvgIpc) is 2.51. The lowest BCUT2D eigenvalue weighted by Gasteiger charge is -2.14. The number of hydrogen-bond donors (Lipinski definition) is 1. The van der Waals surface area contributed by atoms with E-state index in [0.717, 1.165) is 6.42 Å². The van der Waals surface area contributed by atoms with Gasteiger partial charge in [0.25, 0.3) is 5.91 Å². The van der Waals surface area contributed by atoms with Crippen LogP contribution >= 0.6 is 0 Å². The van der Waals surface area contributed by atoms with Gasteiger partial charge >= 0.3 is 11.9 Å². The number of esters is 2. The number of methoxy groups -OCH3 is 1. The highest BCUT2D eigenvalue weighted by atomic mass is 16.5. The van der Waals surface area contributed by atoms with Crippen LogP contribution in [0.25, 0.3) is 0 Å². The predicted molar refractivity (Wildman–Crippen MR) is 76.0 cm³/mol. The van der Waals surface area contributed by atoms with E-state index >= 15 is 0 Å². The molecule has 0 aliphatic carbocycles. The molecule has 0 heterocycles. The average molecular weight is 293 g/mol. The molecule has 0 aromatic heterocycles. The Balaban J connectivity index is 2.80. The van der Waals surface area contributed by atoms with E-state index in [-0.39, 0.29) is 17.0 Å². The van der Waals surface area contributed by atoms with Crippen LogP contribution in [0.15, 0.2) is 24.3 Å². The topological polar surface area (TPSA) is 81.7 Å². The van der Waals surface area contributed by atoms with Crippen LogP contribution < -0.4 is 5.32 Å². The Kier molecular flexibility index (Phi) is 6.39. The first-order valence-corrected chi connectivity index (χ1v) is 6.67. The molecule has 1 N–H and O–H groups in total. The van der Waals surface area contributed by atoms with Gasteiger partial charge in [-0.15, -0.1) is 0 Å². The molecule has 0 bridgehead atoms. The van der Waals surface area contributed by atoms with Gasteiger partial charge in [0, 0.05) is 6.54 Å². The number of ether oxygens (including phenoxy) is 2.